The third kappa shape index (κ3) is 4.98. The van der Waals surface area contributed by atoms with Crippen molar-refractivity contribution in [3.05, 3.63) is 77.5 Å². The largest absolute Gasteiger partial charge is 0.298 e. The Morgan fingerprint density at radius 1 is 1.10 bits per heavy atom. The van der Waals surface area contributed by atoms with Crippen LogP contribution in [0.2, 0.25) is 0 Å². The van der Waals surface area contributed by atoms with E-state index in [1.807, 2.05) is 28.9 Å². The van der Waals surface area contributed by atoms with E-state index in [9.17, 15) is 8.42 Å². The summed E-state index contributed by atoms with van der Waals surface area (Å²) in [7, 11) is -3.52. The molecule has 0 radical (unpaired) electrons. The molecule has 30 heavy (non-hydrogen) atoms. The highest BCUT2D eigenvalue weighted by Gasteiger charge is 2.28. The molecule has 1 aliphatic rings. The third-order valence-electron chi connectivity index (χ3n) is 5.64. The van der Waals surface area contributed by atoms with Gasteiger partial charge in [-0.25, -0.2) is 13.6 Å². The minimum absolute atomic E-state index is 0.468. The first kappa shape index (κ1) is 20.8. The highest BCUT2D eigenvalue weighted by molar-refractivity contribution is 7.89. The molecule has 1 atom stereocenters. The van der Waals surface area contributed by atoms with Gasteiger partial charge in [0.05, 0.1) is 17.5 Å². The zero-order chi connectivity index (χ0) is 21.1. The fraction of sp³-hybridized carbons (Fsp3) is 0.348. The van der Waals surface area contributed by atoms with Crippen molar-refractivity contribution in [1.29, 1.82) is 0 Å². The zero-order valence-corrected chi connectivity index (χ0v) is 18.1. The van der Waals surface area contributed by atoms with Crippen LogP contribution in [0.15, 0.2) is 60.8 Å². The summed E-state index contributed by atoms with van der Waals surface area (Å²) in [5, 5.41) is 9.83. The number of piperidine rings is 1. The molecule has 0 amide bonds. The van der Waals surface area contributed by atoms with E-state index in [0.29, 0.717) is 26.1 Å². The van der Waals surface area contributed by atoms with E-state index in [2.05, 4.69) is 48.4 Å². The van der Waals surface area contributed by atoms with Crippen molar-refractivity contribution >= 4 is 10.0 Å². The van der Waals surface area contributed by atoms with Crippen LogP contribution in [-0.4, -0.2) is 41.4 Å². The molecule has 3 aromatic rings. The number of primary sulfonamides is 1. The Labute approximate surface area is 178 Å². The van der Waals surface area contributed by atoms with E-state index in [1.54, 1.807) is 0 Å². The quantitative estimate of drug-likeness (QED) is 0.659. The highest BCUT2D eigenvalue weighted by Crippen LogP contribution is 2.26. The van der Waals surface area contributed by atoms with Gasteiger partial charge in [0.25, 0.3) is 0 Å². The minimum Gasteiger partial charge on any atom is -0.298 e. The molecule has 158 valence electrons. The average molecular weight is 425 g/mol. The van der Waals surface area contributed by atoms with E-state index in [4.69, 9.17) is 10.2 Å². The average Bonchev–Trinajstić information content (AvgIpc) is 3.10. The number of benzene rings is 2. The summed E-state index contributed by atoms with van der Waals surface area (Å²) in [6.07, 6.45) is 3.55. The number of aryl methyl sites for hydroxylation is 1. The van der Waals surface area contributed by atoms with Crippen LogP contribution in [0.5, 0.6) is 0 Å². The summed E-state index contributed by atoms with van der Waals surface area (Å²) in [5.41, 5.74) is 5.51. The summed E-state index contributed by atoms with van der Waals surface area (Å²) in [4.78, 5) is 2.18. The molecule has 1 saturated heterocycles. The first-order chi connectivity index (χ1) is 14.4. The van der Waals surface area contributed by atoms with E-state index in [0.717, 1.165) is 29.8 Å². The summed E-state index contributed by atoms with van der Waals surface area (Å²) < 4.78 is 25.7. The Balaban J connectivity index is 1.63. The number of sulfonamides is 1. The van der Waals surface area contributed by atoms with Gasteiger partial charge in [0.2, 0.25) is 10.0 Å². The van der Waals surface area contributed by atoms with Crippen molar-refractivity contribution in [3.63, 3.8) is 0 Å². The van der Waals surface area contributed by atoms with Gasteiger partial charge >= 0.3 is 0 Å². The Bertz CT molecular complexity index is 1110. The van der Waals surface area contributed by atoms with Crippen LogP contribution in [0.3, 0.4) is 0 Å². The number of nitrogens with zero attached hydrogens (tertiary/aromatic N) is 3. The van der Waals surface area contributed by atoms with Crippen LogP contribution in [0.25, 0.3) is 11.3 Å². The molecule has 2 aromatic carbocycles. The van der Waals surface area contributed by atoms with E-state index < -0.39 is 15.3 Å². The van der Waals surface area contributed by atoms with Gasteiger partial charge in [0, 0.05) is 30.4 Å². The van der Waals surface area contributed by atoms with Crippen molar-refractivity contribution in [1.82, 2.24) is 14.7 Å². The van der Waals surface area contributed by atoms with Crippen molar-refractivity contribution < 1.29 is 8.42 Å². The smallest absolute Gasteiger partial charge is 0.213 e. The lowest BCUT2D eigenvalue weighted by atomic mass is 10.0. The zero-order valence-electron chi connectivity index (χ0n) is 17.2. The molecule has 0 unspecified atom stereocenters. The highest BCUT2D eigenvalue weighted by atomic mass is 32.2. The van der Waals surface area contributed by atoms with Gasteiger partial charge in [0.15, 0.2) is 0 Å². The molecule has 0 bridgehead atoms. The molecule has 1 aliphatic heterocycles. The van der Waals surface area contributed by atoms with Crippen LogP contribution in [0, 0.1) is 6.92 Å². The summed E-state index contributed by atoms with van der Waals surface area (Å²) in [6, 6.07) is 18.6. The SMILES string of the molecule is Cc1cccc(-c2nn(Cc3ccccc3)cc2CN2CCC[C@H](S(N)(=O)=O)C2)c1. The van der Waals surface area contributed by atoms with Gasteiger partial charge < -0.3 is 0 Å². The lowest BCUT2D eigenvalue weighted by Gasteiger charge is -2.31. The molecule has 0 spiro atoms. The Morgan fingerprint density at radius 2 is 1.90 bits per heavy atom. The topological polar surface area (TPSA) is 81.2 Å². The molecular formula is C23H28N4O2S. The molecule has 2 heterocycles. The maximum atomic E-state index is 11.9. The number of aromatic nitrogens is 2. The first-order valence-electron chi connectivity index (χ1n) is 10.3. The van der Waals surface area contributed by atoms with Crippen molar-refractivity contribution in [3.8, 4) is 11.3 Å². The van der Waals surface area contributed by atoms with Gasteiger partial charge in [-0.2, -0.15) is 5.10 Å². The second-order valence-corrected chi connectivity index (χ2v) is 9.99. The van der Waals surface area contributed by atoms with Crippen LogP contribution >= 0.6 is 0 Å². The predicted octanol–water partition coefficient (Wildman–Crippen LogP) is 3.16. The molecule has 1 fully saturated rings. The minimum atomic E-state index is -3.52. The monoisotopic (exact) mass is 424 g/mol. The van der Waals surface area contributed by atoms with Crippen molar-refractivity contribution in [2.24, 2.45) is 5.14 Å². The number of nitrogens with two attached hydrogens (primary N) is 1. The molecule has 1 aromatic heterocycles. The third-order valence-corrected chi connectivity index (χ3v) is 6.95. The van der Waals surface area contributed by atoms with Gasteiger partial charge in [-0.15, -0.1) is 0 Å². The van der Waals surface area contributed by atoms with Crippen LogP contribution < -0.4 is 5.14 Å². The van der Waals surface area contributed by atoms with Gasteiger partial charge in [-0.3, -0.25) is 9.58 Å². The van der Waals surface area contributed by atoms with Crippen LogP contribution in [0.4, 0.5) is 0 Å². The Hall–Kier alpha value is -2.48. The van der Waals surface area contributed by atoms with Crippen LogP contribution in [-0.2, 0) is 23.1 Å². The van der Waals surface area contributed by atoms with Gasteiger partial charge in [-0.1, -0.05) is 54.1 Å². The predicted molar refractivity (Wildman–Crippen MR) is 119 cm³/mol. The maximum absolute atomic E-state index is 11.9. The van der Waals surface area contributed by atoms with Crippen LogP contribution in [0.1, 0.15) is 29.5 Å². The normalized spacial score (nSPS) is 17.9. The van der Waals surface area contributed by atoms with E-state index in [-0.39, 0.29) is 0 Å². The molecule has 4 rings (SSSR count). The molecule has 2 N–H and O–H groups in total. The van der Waals surface area contributed by atoms with Gasteiger partial charge in [0.1, 0.15) is 0 Å². The molecular weight excluding hydrogens is 396 g/mol. The lowest BCUT2D eigenvalue weighted by Crippen LogP contribution is -2.44. The fourth-order valence-electron chi connectivity index (χ4n) is 4.13. The number of likely N-dealkylation sites (tertiary alicyclic amines) is 1. The molecule has 6 nitrogen and oxygen atoms in total. The lowest BCUT2D eigenvalue weighted by molar-refractivity contribution is 0.222. The summed E-state index contributed by atoms with van der Waals surface area (Å²) in [5.74, 6) is 0. The Kier molecular flexibility index (Phi) is 6.04. The number of hydrogen-bond donors (Lipinski definition) is 1. The van der Waals surface area contributed by atoms with Crippen molar-refractivity contribution in [2.45, 2.75) is 38.1 Å². The summed E-state index contributed by atoms with van der Waals surface area (Å²) >= 11 is 0. The van der Waals surface area contributed by atoms with Gasteiger partial charge in [-0.05, 0) is 37.9 Å². The van der Waals surface area contributed by atoms with Crippen molar-refractivity contribution in [2.75, 3.05) is 13.1 Å². The maximum Gasteiger partial charge on any atom is 0.213 e. The number of rotatable bonds is 6. The second-order valence-electron chi connectivity index (χ2n) is 8.14. The van der Waals surface area contributed by atoms with E-state index >= 15 is 0 Å². The second kappa shape index (κ2) is 8.71. The molecule has 7 heteroatoms. The van der Waals surface area contributed by atoms with E-state index in [1.165, 1.54) is 11.1 Å². The Morgan fingerprint density at radius 3 is 2.63 bits per heavy atom. The summed E-state index contributed by atoms with van der Waals surface area (Å²) in [6.45, 7) is 4.76. The first-order valence-corrected chi connectivity index (χ1v) is 11.9. The number of hydrogen-bond acceptors (Lipinski definition) is 4. The fourth-order valence-corrected chi connectivity index (χ4v) is 5.04. The molecule has 0 saturated carbocycles. The standard InChI is InChI=1S/C23H28N4O2S/c1-18-7-5-10-20(13-18)23-21(15-26-12-6-11-22(17-26)30(24,28)29)16-27(25-23)14-19-8-3-2-4-9-19/h2-5,7-10,13,16,22H,6,11-12,14-15,17H2,1H3,(H2,24,28,29)/t22-/m0/s1. The molecule has 0 aliphatic carbocycles.